The van der Waals surface area contributed by atoms with Gasteiger partial charge in [-0.15, -0.1) is 15.3 Å². The molecule has 0 fully saturated rings. The number of nitrogens with zero attached hydrogens (tertiary/aromatic N) is 7. The van der Waals surface area contributed by atoms with Gasteiger partial charge in [0.05, 0.1) is 12.1 Å². The third-order valence-electron chi connectivity index (χ3n) is 4.41. The molecule has 1 N–H and O–H groups in total. The number of benzene rings is 1. The molecule has 25 heavy (non-hydrogen) atoms. The molecule has 0 spiro atoms. The first-order valence-electron chi connectivity index (χ1n) is 8.19. The smallest absolute Gasteiger partial charge is 0.224 e. The standard InChI is InChI=1S/C16H18N8O/c1-11-19-20-15-7-4-13(9-23(11)15)18-16(25)8-12-2-5-14(6-3-12)24-10-17-21-22-24/h2-3,5-6,10,13H,4,7-9H2,1H3,(H,18,25)/t13-/m0/s1. The lowest BCUT2D eigenvalue weighted by atomic mass is 10.1. The lowest BCUT2D eigenvalue weighted by Crippen LogP contribution is -2.41. The van der Waals surface area contributed by atoms with Crippen LogP contribution in [0, 0.1) is 6.92 Å². The predicted octanol–water partition coefficient (Wildman–Crippen LogP) is 0.236. The number of tetrazole rings is 1. The lowest BCUT2D eigenvalue weighted by molar-refractivity contribution is -0.121. The molecule has 0 radical (unpaired) electrons. The second-order valence-electron chi connectivity index (χ2n) is 6.17. The van der Waals surface area contributed by atoms with E-state index in [1.807, 2.05) is 31.2 Å². The van der Waals surface area contributed by atoms with Gasteiger partial charge < -0.3 is 9.88 Å². The normalized spacial score (nSPS) is 16.4. The first-order chi connectivity index (χ1) is 12.2. The number of carbonyl (C=O) groups is 1. The molecule has 1 aliphatic rings. The van der Waals surface area contributed by atoms with Crippen LogP contribution in [-0.4, -0.2) is 46.9 Å². The summed E-state index contributed by atoms with van der Waals surface area (Å²) < 4.78 is 3.65. The number of hydrogen-bond donors (Lipinski definition) is 1. The second-order valence-corrected chi connectivity index (χ2v) is 6.17. The molecule has 0 saturated heterocycles. The van der Waals surface area contributed by atoms with E-state index in [-0.39, 0.29) is 11.9 Å². The highest BCUT2D eigenvalue weighted by Gasteiger charge is 2.22. The van der Waals surface area contributed by atoms with Crippen molar-refractivity contribution in [1.29, 1.82) is 0 Å². The summed E-state index contributed by atoms with van der Waals surface area (Å²) in [5.74, 6) is 1.92. The summed E-state index contributed by atoms with van der Waals surface area (Å²) in [5, 5.41) is 22.4. The fourth-order valence-corrected chi connectivity index (χ4v) is 3.09. The molecule has 3 aromatic rings. The number of aromatic nitrogens is 7. The van der Waals surface area contributed by atoms with Crippen LogP contribution in [0.15, 0.2) is 30.6 Å². The van der Waals surface area contributed by atoms with Crippen LogP contribution in [-0.2, 0) is 24.2 Å². The van der Waals surface area contributed by atoms with Crippen molar-refractivity contribution in [3.05, 3.63) is 47.8 Å². The average molecular weight is 338 g/mol. The molecule has 128 valence electrons. The molecular formula is C16H18N8O. The summed E-state index contributed by atoms with van der Waals surface area (Å²) in [5.41, 5.74) is 1.81. The third-order valence-corrected chi connectivity index (χ3v) is 4.41. The van der Waals surface area contributed by atoms with Crippen molar-refractivity contribution < 1.29 is 4.79 Å². The van der Waals surface area contributed by atoms with Crippen molar-refractivity contribution in [2.75, 3.05) is 0 Å². The minimum absolute atomic E-state index is 0.0225. The van der Waals surface area contributed by atoms with Gasteiger partial charge in [0.15, 0.2) is 0 Å². The van der Waals surface area contributed by atoms with Gasteiger partial charge in [-0.2, -0.15) is 0 Å². The van der Waals surface area contributed by atoms with Gasteiger partial charge in [0, 0.05) is 19.0 Å². The Balaban J connectivity index is 1.36. The molecule has 1 aromatic carbocycles. The Bertz CT molecular complexity index is 868. The van der Waals surface area contributed by atoms with Crippen LogP contribution in [0.1, 0.15) is 23.6 Å². The highest BCUT2D eigenvalue weighted by atomic mass is 16.1. The van der Waals surface area contributed by atoms with Crippen molar-refractivity contribution in [1.82, 2.24) is 40.3 Å². The maximum Gasteiger partial charge on any atom is 0.224 e. The Morgan fingerprint density at radius 2 is 2.12 bits per heavy atom. The van der Waals surface area contributed by atoms with Gasteiger partial charge in [-0.1, -0.05) is 12.1 Å². The van der Waals surface area contributed by atoms with Crippen molar-refractivity contribution in [3.8, 4) is 5.69 Å². The summed E-state index contributed by atoms with van der Waals surface area (Å²) >= 11 is 0. The van der Waals surface area contributed by atoms with Crippen LogP contribution < -0.4 is 5.32 Å². The molecular weight excluding hydrogens is 320 g/mol. The molecule has 1 amide bonds. The van der Waals surface area contributed by atoms with Gasteiger partial charge in [-0.3, -0.25) is 4.79 Å². The highest BCUT2D eigenvalue weighted by Crippen LogP contribution is 2.15. The third kappa shape index (κ3) is 3.25. The fraction of sp³-hybridized carbons (Fsp3) is 0.375. The largest absolute Gasteiger partial charge is 0.351 e. The van der Waals surface area contributed by atoms with Gasteiger partial charge in [0.1, 0.15) is 18.0 Å². The number of rotatable bonds is 4. The van der Waals surface area contributed by atoms with Crippen LogP contribution in [0.5, 0.6) is 0 Å². The molecule has 3 heterocycles. The zero-order chi connectivity index (χ0) is 17.2. The quantitative estimate of drug-likeness (QED) is 0.731. The summed E-state index contributed by atoms with van der Waals surface area (Å²) in [4.78, 5) is 12.3. The molecule has 1 atom stereocenters. The highest BCUT2D eigenvalue weighted by molar-refractivity contribution is 5.78. The topological polar surface area (TPSA) is 103 Å². The Labute approximate surface area is 144 Å². The minimum atomic E-state index is 0.0225. The number of amides is 1. The van der Waals surface area contributed by atoms with Gasteiger partial charge in [0.2, 0.25) is 5.91 Å². The van der Waals surface area contributed by atoms with Crippen LogP contribution in [0.2, 0.25) is 0 Å². The van der Waals surface area contributed by atoms with Gasteiger partial charge in [-0.05, 0) is 41.5 Å². The Hall–Kier alpha value is -3.10. The van der Waals surface area contributed by atoms with E-state index in [4.69, 9.17) is 0 Å². The van der Waals surface area contributed by atoms with E-state index in [1.165, 1.54) is 6.33 Å². The molecule has 0 bridgehead atoms. The average Bonchev–Trinajstić information content (AvgIpc) is 3.26. The summed E-state index contributed by atoms with van der Waals surface area (Å²) in [6, 6.07) is 7.74. The molecule has 0 saturated carbocycles. The SMILES string of the molecule is Cc1nnc2n1C[C@@H](NC(=O)Cc1ccc(-n3cnnn3)cc1)CC2. The van der Waals surface area contributed by atoms with Gasteiger partial charge in [0.25, 0.3) is 0 Å². The molecule has 2 aromatic heterocycles. The summed E-state index contributed by atoms with van der Waals surface area (Å²) in [6.45, 7) is 2.67. The first-order valence-corrected chi connectivity index (χ1v) is 8.19. The molecule has 9 heteroatoms. The van der Waals surface area contributed by atoms with E-state index in [2.05, 4.69) is 35.6 Å². The Morgan fingerprint density at radius 3 is 2.88 bits per heavy atom. The van der Waals surface area contributed by atoms with Crippen LogP contribution >= 0.6 is 0 Å². The van der Waals surface area contributed by atoms with Crippen molar-refractivity contribution in [2.45, 2.75) is 38.8 Å². The maximum absolute atomic E-state index is 12.3. The van der Waals surface area contributed by atoms with Crippen molar-refractivity contribution >= 4 is 5.91 Å². The molecule has 9 nitrogen and oxygen atoms in total. The monoisotopic (exact) mass is 338 g/mol. The Morgan fingerprint density at radius 1 is 1.28 bits per heavy atom. The van der Waals surface area contributed by atoms with E-state index in [0.717, 1.165) is 42.3 Å². The van der Waals surface area contributed by atoms with E-state index in [1.54, 1.807) is 4.68 Å². The first kappa shape index (κ1) is 15.4. The predicted molar refractivity (Wildman–Crippen MR) is 87.9 cm³/mol. The van der Waals surface area contributed by atoms with Crippen LogP contribution in [0.4, 0.5) is 0 Å². The maximum atomic E-state index is 12.3. The molecule has 4 rings (SSSR count). The van der Waals surface area contributed by atoms with E-state index >= 15 is 0 Å². The van der Waals surface area contributed by atoms with E-state index in [9.17, 15) is 4.79 Å². The zero-order valence-corrected chi connectivity index (χ0v) is 13.8. The number of fused-ring (bicyclic) bond motifs is 1. The fourth-order valence-electron chi connectivity index (χ4n) is 3.09. The lowest BCUT2D eigenvalue weighted by Gasteiger charge is -2.25. The number of nitrogens with one attached hydrogen (secondary N) is 1. The second kappa shape index (κ2) is 6.42. The van der Waals surface area contributed by atoms with Crippen LogP contribution in [0.25, 0.3) is 5.69 Å². The van der Waals surface area contributed by atoms with Gasteiger partial charge in [-0.25, -0.2) is 4.68 Å². The van der Waals surface area contributed by atoms with E-state index < -0.39 is 0 Å². The van der Waals surface area contributed by atoms with Crippen molar-refractivity contribution in [3.63, 3.8) is 0 Å². The zero-order valence-electron chi connectivity index (χ0n) is 13.8. The summed E-state index contributed by atoms with van der Waals surface area (Å²) in [7, 11) is 0. The number of hydrogen-bond acceptors (Lipinski definition) is 6. The summed E-state index contributed by atoms with van der Waals surface area (Å²) in [6.07, 6.45) is 3.61. The minimum Gasteiger partial charge on any atom is -0.351 e. The molecule has 1 aliphatic heterocycles. The van der Waals surface area contributed by atoms with Crippen LogP contribution in [0.3, 0.4) is 0 Å². The Kier molecular flexibility index (Phi) is 3.96. The number of carbonyl (C=O) groups excluding carboxylic acids is 1. The molecule has 0 aliphatic carbocycles. The van der Waals surface area contributed by atoms with E-state index in [0.29, 0.717) is 6.42 Å². The van der Waals surface area contributed by atoms with Gasteiger partial charge >= 0.3 is 0 Å². The molecule has 0 unspecified atom stereocenters. The number of aryl methyl sites for hydroxylation is 2. The van der Waals surface area contributed by atoms with Crippen molar-refractivity contribution in [2.24, 2.45) is 0 Å².